The fourth-order valence-corrected chi connectivity index (χ4v) is 1.90. The number of rotatable bonds is 6. The zero-order valence-corrected chi connectivity index (χ0v) is 11.8. The molecular formula is C17H19N3O. The standard InChI is InChI=1S/C17H19N3O/c1-2-11-19-17(21)13-7-9-15(10-8-13)20-12-14-5-3-4-6-16(14)18/h2-10,20H,1,11-12,18H2,(H,19,21). The van der Waals surface area contributed by atoms with Crippen molar-refractivity contribution in [3.05, 3.63) is 72.3 Å². The SMILES string of the molecule is C=CCNC(=O)c1ccc(NCc2ccccc2N)cc1. The van der Waals surface area contributed by atoms with Gasteiger partial charge in [-0.15, -0.1) is 6.58 Å². The van der Waals surface area contributed by atoms with Crippen molar-refractivity contribution in [3.8, 4) is 0 Å². The highest BCUT2D eigenvalue weighted by Gasteiger charge is 2.04. The number of para-hydroxylation sites is 1. The van der Waals surface area contributed by atoms with Crippen molar-refractivity contribution in [1.82, 2.24) is 5.32 Å². The van der Waals surface area contributed by atoms with Crippen molar-refractivity contribution in [3.63, 3.8) is 0 Å². The summed E-state index contributed by atoms with van der Waals surface area (Å²) in [7, 11) is 0. The van der Waals surface area contributed by atoms with Crippen LogP contribution in [0.1, 0.15) is 15.9 Å². The first-order valence-electron chi connectivity index (χ1n) is 6.77. The molecule has 0 atom stereocenters. The molecular weight excluding hydrogens is 262 g/mol. The van der Waals surface area contributed by atoms with Crippen molar-refractivity contribution >= 4 is 17.3 Å². The largest absolute Gasteiger partial charge is 0.398 e. The molecule has 4 heteroatoms. The second-order valence-electron chi connectivity index (χ2n) is 4.63. The molecule has 0 unspecified atom stereocenters. The first-order chi connectivity index (χ1) is 10.2. The van der Waals surface area contributed by atoms with Gasteiger partial charge >= 0.3 is 0 Å². The molecule has 21 heavy (non-hydrogen) atoms. The molecule has 0 saturated carbocycles. The fraction of sp³-hybridized carbons (Fsp3) is 0.118. The molecule has 0 aromatic heterocycles. The Morgan fingerprint density at radius 2 is 1.86 bits per heavy atom. The quantitative estimate of drug-likeness (QED) is 0.563. The number of carbonyl (C=O) groups is 1. The molecule has 4 nitrogen and oxygen atoms in total. The van der Waals surface area contributed by atoms with Gasteiger partial charge in [0.1, 0.15) is 0 Å². The third-order valence-electron chi connectivity index (χ3n) is 3.09. The van der Waals surface area contributed by atoms with Crippen LogP contribution in [0.2, 0.25) is 0 Å². The topological polar surface area (TPSA) is 67.2 Å². The average molecular weight is 281 g/mol. The van der Waals surface area contributed by atoms with Crippen LogP contribution in [0.3, 0.4) is 0 Å². The highest BCUT2D eigenvalue weighted by molar-refractivity contribution is 5.94. The minimum absolute atomic E-state index is 0.103. The van der Waals surface area contributed by atoms with Crippen LogP contribution in [-0.2, 0) is 6.54 Å². The van der Waals surface area contributed by atoms with Gasteiger partial charge in [-0.05, 0) is 35.9 Å². The summed E-state index contributed by atoms with van der Waals surface area (Å²) in [6, 6.07) is 15.1. The fourth-order valence-electron chi connectivity index (χ4n) is 1.90. The minimum Gasteiger partial charge on any atom is -0.398 e. The summed E-state index contributed by atoms with van der Waals surface area (Å²) in [6.45, 7) is 4.68. The van der Waals surface area contributed by atoms with E-state index in [1.165, 1.54) is 0 Å². The van der Waals surface area contributed by atoms with Gasteiger partial charge in [0.25, 0.3) is 5.91 Å². The van der Waals surface area contributed by atoms with Gasteiger partial charge in [-0.2, -0.15) is 0 Å². The Balaban J connectivity index is 1.95. The van der Waals surface area contributed by atoms with Gasteiger partial charge in [-0.3, -0.25) is 4.79 Å². The molecule has 0 heterocycles. The first kappa shape index (κ1) is 14.7. The maximum absolute atomic E-state index is 11.7. The zero-order valence-electron chi connectivity index (χ0n) is 11.8. The first-order valence-corrected chi connectivity index (χ1v) is 6.77. The number of amides is 1. The molecule has 0 aliphatic heterocycles. The Morgan fingerprint density at radius 3 is 2.52 bits per heavy atom. The summed E-state index contributed by atoms with van der Waals surface area (Å²) in [5.74, 6) is -0.103. The Morgan fingerprint density at radius 1 is 1.14 bits per heavy atom. The third kappa shape index (κ3) is 4.11. The lowest BCUT2D eigenvalue weighted by Gasteiger charge is -2.09. The van der Waals surface area contributed by atoms with Crippen molar-refractivity contribution in [1.29, 1.82) is 0 Å². The maximum atomic E-state index is 11.7. The molecule has 0 aliphatic rings. The van der Waals surface area contributed by atoms with E-state index in [0.29, 0.717) is 18.7 Å². The number of nitrogen functional groups attached to an aromatic ring is 1. The van der Waals surface area contributed by atoms with Gasteiger partial charge in [0, 0.05) is 30.0 Å². The predicted molar refractivity (Wildman–Crippen MR) is 87.2 cm³/mol. The summed E-state index contributed by atoms with van der Waals surface area (Å²) in [6.07, 6.45) is 1.65. The molecule has 0 aliphatic carbocycles. The van der Waals surface area contributed by atoms with E-state index in [4.69, 9.17) is 5.73 Å². The molecule has 2 aromatic rings. The Hall–Kier alpha value is -2.75. The van der Waals surface area contributed by atoms with Crippen LogP contribution >= 0.6 is 0 Å². The highest BCUT2D eigenvalue weighted by Crippen LogP contribution is 2.14. The van der Waals surface area contributed by atoms with E-state index in [0.717, 1.165) is 16.9 Å². The Labute approximate surface area is 124 Å². The molecule has 0 bridgehead atoms. The normalized spacial score (nSPS) is 9.90. The smallest absolute Gasteiger partial charge is 0.251 e. The van der Waals surface area contributed by atoms with Gasteiger partial charge in [0.05, 0.1) is 0 Å². The lowest BCUT2D eigenvalue weighted by atomic mass is 10.1. The summed E-state index contributed by atoms with van der Waals surface area (Å²) in [5.41, 5.74) is 9.28. The number of nitrogens with two attached hydrogens (primary N) is 1. The van der Waals surface area contributed by atoms with Gasteiger partial charge in [-0.25, -0.2) is 0 Å². The molecule has 0 radical (unpaired) electrons. The molecule has 2 rings (SSSR count). The molecule has 2 aromatic carbocycles. The minimum atomic E-state index is -0.103. The number of anilines is 2. The second kappa shape index (κ2) is 7.14. The number of hydrogen-bond donors (Lipinski definition) is 3. The van der Waals surface area contributed by atoms with Gasteiger partial charge in [0.15, 0.2) is 0 Å². The van der Waals surface area contributed by atoms with Gasteiger partial charge in [-0.1, -0.05) is 24.3 Å². The number of hydrogen-bond acceptors (Lipinski definition) is 3. The molecule has 0 spiro atoms. The number of nitrogens with one attached hydrogen (secondary N) is 2. The molecule has 0 saturated heterocycles. The average Bonchev–Trinajstić information content (AvgIpc) is 2.52. The highest BCUT2D eigenvalue weighted by atomic mass is 16.1. The summed E-state index contributed by atoms with van der Waals surface area (Å²) < 4.78 is 0. The van der Waals surface area contributed by atoms with Crippen LogP contribution in [0.25, 0.3) is 0 Å². The van der Waals surface area contributed by atoms with Crippen molar-refractivity contribution in [2.24, 2.45) is 0 Å². The van der Waals surface area contributed by atoms with E-state index in [-0.39, 0.29) is 5.91 Å². The summed E-state index contributed by atoms with van der Waals surface area (Å²) >= 11 is 0. The van der Waals surface area contributed by atoms with Crippen molar-refractivity contribution in [2.45, 2.75) is 6.54 Å². The van der Waals surface area contributed by atoms with Crippen molar-refractivity contribution in [2.75, 3.05) is 17.6 Å². The van der Waals surface area contributed by atoms with Gasteiger partial charge < -0.3 is 16.4 Å². The summed E-state index contributed by atoms with van der Waals surface area (Å²) in [4.78, 5) is 11.7. The monoisotopic (exact) mass is 281 g/mol. The predicted octanol–water partition coefficient (Wildman–Crippen LogP) is 2.80. The summed E-state index contributed by atoms with van der Waals surface area (Å²) in [5, 5.41) is 6.02. The molecule has 4 N–H and O–H groups in total. The van der Waals surface area contributed by atoms with E-state index in [9.17, 15) is 4.79 Å². The van der Waals surface area contributed by atoms with Crippen LogP contribution in [-0.4, -0.2) is 12.5 Å². The molecule has 108 valence electrons. The lowest BCUT2D eigenvalue weighted by molar-refractivity contribution is 0.0958. The van der Waals surface area contributed by atoms with E-state index in [1.54, 1.807) is 18.2 Å². The van der Waals surface area contributed by atoms with Crippen LogP contribution < -0.4 is 16.4 Å². The maximum Gasteiger partial charge on any atom is 0.251 e. The van der Waals surface area contributed by atoms with E-state index in [1.807, 2.05) is 36.4 Å². The van der Waals surface area contributed by atoms with Crippen molar-refractivity contribution < 1.29 is 4.79 Å². The van der Waals surface area contributed by atoms with Crippen LogP contribution in [0, 0.1) is 0 Å². The van der Waals surface area contributed by atoms with E-state index < -0.39 is 0 Å². The van der Waals surface area contributed by atoms with Crippen LogP contribution in [0.15, 0.2) is 61.2 Å². The number of benzene rings is 2. The Kier molecular flexibility index (Phi) is 4.99. The third-order valence-corrected chi connectivity index (χ3v) is 3.09. The second-order valence-corrected chi connectivity index (χ2v) is 4.63. The number of carbonyl (C=O) groups excluding carboxylic acids is 1. The van der Waals surface area contributed by atoms with E-state index >= 15 is 0 Å². The lowest BCUT2D eigenvalue weighted by Crippen LogP contribution is -2.23. The van der Waals surface area contributed by atoms with Gasteiger partial charge in [0.2, 0.25) is 0 Å². The van der Waals surface area contributed by atoms with E-state index in [2.05, 4.69) is 17.2 Å². The van der Waals surface area contributed by atoms with Crippen LogP contribution in [0.4, 0.5) is 11.4 Å². The molecule has 1 amide bonds. The van der Waals surface area contributed by atoms with Crippen LogP contribution in [0.5, 0.6) is 0 Å². The Bertz CT molecular complexity index is 620. The zero-order chi connectivity index (χ0) is 15.1. The molecule has 0 fully saturated rings.